The molecule has 1 aliphatic rings. The standard InChI is InChI=1S/C31H23Cl2FN8O2/c1-17-3-2-4-24(23-14-19(9-10-36-23)20-6-5-18(15-35)13-22(20)39-30(17)43)41-16-37-29(27(33)31(41)44)26-25(42-12-11-38-40-42)8-7-21(32)28(26)34/h5-14,16-17,24H,2-4H2,1H3,(H,39,43). The van der Waals surface area contributed by atoms with Crippen LogP contribution in [0.1, 0.15) is 43.5 Å². The molecule has 6 rings (SSSR count). The molecule has 220 valence electrons. The van der Waals surface area contributed by atoms with Gasteiger partial charge in [-0.1, -0.05) is 47.8 Å². The van der Waals surface area contributed by atoms with Crippen LogP contribution in [0.5, 0.6) is 0 Å². The lowest BCUT2D eigenvalue weighted by Gasteiger charge is -2.23. The van der Waals surface area contributed by atoms with E-state index >= 15 is 4.39 Å². The van der Waals surface area contributed by atoms with Gasteiger partial charge in [-0.2, -0.15) is 5.26 Å². The number of fused-ring (bicyclic) bond motifs is 4. The van der Waals surface area contributed by atoms with Gasteiger partial charge in [0.2, 0.25) is 5.91 Å². The number of aromatic nitrogens is 6. The second kappa shape index (κ2) is 12.0. The molecular formula is C31H23Cl2FN8O2. The van der Waals surface area contributed by atoms with E-state index in [1.165, 1.54) is 40.1 Å². The fourth-order valence-electron chi connectivity index (χ4n) is 5.33. The van der Waals surface area contributed by atoms with Gasteiger partial charge in [0.1, 0.15) is 10.7 Å². The summed E-state index contributed by atoms with van der Waals surface area (Å²) in [7, 11) is 0. The first kappa shape index (κ1) is 29.2. The number of benzene rings is 2. The molecule has 5 aromatic rings. The Labute approximate surface area is 260 Å². The van der Waals surface area contributed by atoms with E-state index in [0.717, 1.165) is 5.56 Å². The van der Waals surface area contributed by atoms with Crippen LogP contribution in [0.3, 0.4) is 0 Å². The van der Waals surface area contributed by atoms with Gasteiger partial charge in [0.25, 0.3) is 5.56 Å². The molecule has 2 unspecified atom stereocenters. The molecular weight excluding hydrogens is 606 g/mol. The van der Waals surface area contributed by atoms with E-state index in [9.17, 15) is 14.9 Å². The van der Waals surface area contributed by atoms with Crippen LogP contribution in [-0.4, -0.2) is 35.4 Å². The maximum Gasteiger partial charge on any atom is 0.273 e. The predicted octanol–water partition coefficient (Wildman–Crippen LogP) is 6.22. The molecule has 1 N–H and O–H groups in total. The summed E-state index contributed by atoms with van der Waals surface area (Å²) in [4.78, 5) is 36.0. The maximum atomic E-state index is 15.5. The van der Waals surface area contributed by atoms with Crippen LogP contribution in [0.4, 0.5) is 10.1 Å². The summed E-state index contributed by atoms with van der Waals surface area (Å²) in [5.41, 5.74) is 2.38. The number of carbonyl (C=O) groups is 1. The first-order valence-electron chi connectivity index (χ1n) is 13.7. The Balaban J connectivity index is 1.49. The summed E-state index contributed by atoms with van der Waals surface area (Å²) in [5, 5.41) is 19.7. The van der Waals surface area contributed by atoms with E-state index in [2.05, 4.69) is 31.7 Å². The zero-order chi connectivity index (χ0) is 31.0. The lowest BCUT2D eigenvalue weighted by Crippen LogP contribution is -2.28. The molecule has 0 radical (unpaired) electrons. The second-order valence-electron chi connectivity index (χ2n) is 10.4. The number of anilines is 1. The Hall–Kier alpha value is -4.92. The summed E-state index contributed by atoms with van der Waals surface area (Å²) < 4.78 is 18.2. The third-order valence-electron chi connectivity index (χ3n) is 7.66. The zero-order valence-electron chi connectivity index (χ0n) is 23.2. The van der Waals surface area contributed by atoms with Crippen LogP contribution >= 0.6 is 23.2 Å². The molecule has 10 nitrogen and oxygen atoms in total. The summed E-state index contributed by atoms with van der Waals surface area (Å²) in [6.45, 7) is 1.83. The molecule has 2 bridgehead atoms. The molecule has 2 aromatic carbocycles. The molecule has 0 saturated heterocycles. The number of rotatable bonds is 3. The van der Waals surface area contributed by atoms with E-state index in [4.69, 9.17) is 23.2 Å². The topological polar surface area (TPSA) is 131 Å². The normalized spacial score (nSPS) is 16.7. The quantitative estimate of drug-likeness (QED) is 0.251. The van der Waals surface area contributed by atoms with Crippen LogP contribution < -0.4 is 10.9 Å². The molecule has 0 fully saturated rings. The zero-order valence-corrected chi connectivity index (χ0v) is 24.7. The van der Waals surface area contributed by atoms with Crippen molar-refractivity contribution in [2.75, 3.05) is 5.32 Å². The summed E-state index contributed by atoms with van der Waals surface area (Å²) >= 11 is 12.8. The fraction of sp³-hybridized carbons (Fsp3) is 0.194. The van der Waals surface area contributed by atoms with Crippen molar-refractivity contribution < 1.29 is 9.18 Å². The van der Waals surface area contributed by atoms with E-state index in [0.29, 0.717) is 41.8 Å². The smallest absolute Gasteiger partial charge is 0.273 e. The molecule has 0 spiro atoms. The van der Waals surface area contributed by atoms with Gasteiger partial charge in [0.15, 0.2) is 5.82 Å². The number of nitrogens with zero attached hydrogens (tertiary/aromatic N) is 7. The van der Waals surface area contributed by atoms with E-state index in [-0.39, 0.29) is 38.8 Å². The number of amides is 1. The lowest BCUT2D eigenvalue weighted by atomic mass is 9.95. The first-order chi connectivity index (χ1) is 21.3. The highest BCUT2D eigenvalue weighted by Crippen LogP contribution is 2.36. The summed E-state index contributed by atoms with van der Waals surface area (Å²) in [6.07, 6.45) is 7.44. The molecule has 1 amide bonds. The number of nitriles is 1. The highest BCUT2D eigenvalue weighted by Gasteiger charge is 2.26. The van der Waals surface area contributed by atoms with E-state index < -0.39 is 17.4 Å². The van der Waals surface area contributed by atoms with Gasteiger partial charge in [-0.05, 0) is 54.8 Å². The Bertz CT molecular complexity index is 2010. The van der Waals surface area contributed by atoms with Gasteiger partial charge in [-0.3, -0.25) is 19.1 Å². The van der Waals surface area contributed by atoms with Crippen molar-refractivity contribution in [1.29, 1.82) is 5.26 Å². The van der Waals surface area contributed by atoms with Crippen molar-refractivity contribution in [3.8, 4) is 34.1 Å². The number of hydrogen-bond donors (Lipinski definition) is 1. The molecule has 0 aliphatic carbocycles. The number of hydrogen-bond acceptors (Lipinski definition) is 7. The van der Waals surface area contributed by atoms with Crippen LogP contribution in [0.25, 0.3) is 28.1 Å². The average Bonchev–Trinajstić information content (AvgIpc) is 3.57. The van der Waals surface area contributed by atoms with Gasteiger partial charge in [-0.15, -0.1) is 5.10 Å². The maximum absolute atomic E-state index is 15.5. The molecule has 1 aliphatic heterocycles. The fourth-order valence-corrected chi connectivity index (χ4v) is 5.73. The van der Waals surface area contributed by atoms with Gasteiger partial charge in [0, 0.05) is 23.4 Å². The van der Waals surface area contributed by atoms with Crippen molar-refractivity contribution in [2.45, 2.75) is 32.2 Å². The molecule has 3 aromatic heterocycles. The van der Waals surface area contributed by atoms with Crippen LogP contribution in [-0.2, 0) is 4.79 Å². The Morgan fingerprint density at radius 3 is 2.68 bits per heavy atom. The number of halogens is 3. The molecule has 44 heavy (non-hydrogen) atoms. The third kappa shape index (κ3) is 5.34. The number of carbonyl (C=O) groups excluding carboxylic acids is 1. The lowest BCUT2D eigenvalue weighted by molar-refractivity contribution is -0.119. The predicted molar refractivity (Wildman–Crippen MR) is 163 cm³/mol. The molecule has 13 heteroatoms. The Morgan fingerprint density at radius 2 is 1.91 bits per heavy atom. The van der Waals surface area contributed by atoms with E-state index in [1.54, 1.807) is 30.5 Å². The van der Waals surface area contributed by atoms with Crippen molar-refractivity contribution in [1.82, 2.24) is 29.5 Å². The van der Waals surface area contributed by atoms with Gasteiger partial charge < -0.3 is 5.32 Å². The van der Waals surface area contributed by atoms with E-state index in [1.807, 2.05) is 13.0 Å². The molecule has 4 heterocycles. The van der Waals surface area contributed by atoms with Crippen molar-refractivity contribution in [3.63, 3.8) is 0 Å². The highest BCUT2D eigenvalue weighted by molar-refractivity contribution is 6.33. The largest absolute Gasteiger partial charge is 0.325 e. The van der Waals surface area contributed by atoms with Crippen LogP contribution in [0, 0.1) is 23.1 Å². The second-order valence-corrected chi connectivity index (χ2v) is 11.2. The number of nitrogens with one attached hydrogen (secondary N) is 1. The summed E-state index contributed by atoms with van der Waals surface area (Å²) in [5.74, 6) is -1.33. The van der Waals surface area contributed by atoms with Crippen molar-refractivity contribution >= 4 is 34.8 Å². The summed E-state index contributed by atoms with van der Waals surface area (Å²) in [6, 6.07) is 13.1. The SMILES string of the molecule is CC1CCCC(n2cnc(-c3c(-n4ccnn4)ccc(Cl)c3F)c(Cl)c2=O)c2cc(ccn2)-c2ccc(C#N)cc2NC1=O. The molecule has 0 saturated carbocycles. The number of pyridine rings is 1. The monoisotopic (exact) mass is 628 g/mol. The third-order valence-corrected chi connectivity index (χ3v) is 8.29. The van der Waals surface area contributed by atoms with Gasteiger partial charge >= 0.3 is 0 Å². The highest BCUT2D eigenvalue weighted by atomic mass is 35.5. The first-order valence-corrected chi connectivity index (χ1v) is 14.5. The minimum atomic E-state index is -0.808. The average molecular weight is 629 g/mol. The van der Waals surface area contributed by atoms with Gasteiger partial charge in [-0.25, -0.2) is 14.1 Å². The van der Waals surface area contributed by atoms with Crippen LogP contribution in [0.15, 0.2) is 72.2 Å². The van der Waals surface area contributed by atoms with Crippen molar-refractivity contribution in [3.05, 3.63) is 105 Å². The Kier molecular flexibility index (Phi) is 7.95. The minimum absolute atomic E-state index is 0.0933. The van der Waals surface area contributed by atoms with Crippen LogP contribution in [0.2, 0.25) is 10.0 Å². The Morgan fingerprint density at radius 1 is 1.07 bits per heavy atom. The minimum Gasteiger partial charge on any atom is -0.325 e. The molecule has 2 atom stereocenters. The van der Waals surface area contributed by atoms with Crippen molar-refractivity contribution in [2.24, 2.45) is 5.92 Å². The van der Waals surface area contributed by atoms with Gasteiger partial charge in [0.05, 0.1) is 58.4 Å².